The minimum absolute atomic E-state index is 0.317. The van der Waals surface area contributed by atoms with Crippen molar-refractivity contribution in [3.63, 3.8) is 0 Å². The predicted octanol–water partition coefficient (Wildman–Crippen LogP) is 1.97. The fourth-order valence-corrected chi connectivity index (χ4v) is 1.71. The van der Waals surface area contributed by atoms with Crippen LogP contribution in [0.25, 0.3) is 0 Å². The normalized spacial score (nSPS) is 12.6. The van der Waals surface area contributed by atoms with Crippen molar-refractivity contribution in [2.75, 3.05) is 0 Å². The molecule has 0 amide bonds. The highest BCUT2D eigenvalue weighted by atomic mass is 15.4. The molecule has 0 saturated carbocycles. The molecule has 17 heavy (non-hydrogen) atoms. The van der Waals surface area contributed by atoms with Gasteiger partial charge in [-0.1, -0.05) is 35.0 Å². The summed E-state index contributed by atoms with van der Waals surface area (Å²) in [5, 5.41) is 11.4. The number of rotatable bonds is 4. The van der Waals surface area contributed by atoms with Gasteiger partial charge in [0.15, 0.2) is 0 Å². The lowest BCUT2D eigenvalue weighted by molar-refractivity contribution is 0.567. The summed E-state index contributed by atoms with van der Waals surface area (Å²) in [5.74, 6) is 0. The van der Waals surface area contributed by atoms with Crippen molar-refractivity contribution in [1.29, 1.82) is 0 Å². The molecule has 1 heterocycles. The Labute approximate surface area is 102 Å². The Morgan fingerprint density at radius 3 is 2.59 bits per heavy atom. The highest BCUT2D eigenvalue weighted by Crippen LogP contribution is 2.13. The van der Waals surface area contributed by atoms with Gasteiger partial charge in [0.25, 0.3) is 0 Å². The fourth-order valence-electron chi connectivity index (χ4n) is 1.71. The van der Waals surface area contributed by atoms with Crippen LogP contribution in [0.4, 0.5) is 0 Å². The first-order valence-corrected chi connectivity index (χ1v) is 5.80. The molecule has 1 N–H and O–H groups in total. The highest BCUT2D eigenvalue weighted by Gasteiger charge is 2.05. The van der Waals surface area contributed by atoms with Crippen LogP contribution < -0.4 is 5.32 Å². The Hall–Kier alpha value is -1.68. The summed E-state index contributed by atoms with van der Waals surface area (Å²) in [4.78, 5) is 0. The molecule has 2 rings (SSSR count). The zero-order valence-corrected chi connectivity index (χ0v) is 10.5. The van der Waals surface area contributed by atoms with Crippen LogP contribution in [0.5, 0.6) is 0 Å². The van der Waals surface area contributed by atoms with Crippen LogP contribution in [0.15, 0.2) is 30.5 Å². The monoisotopic (exact) mass is 230 g/mol. The van der Waals surface area contributed by atoms with E-state index in [-0.39, 0.29) is 0 Å². The Bertz CT molecular complexity index is 472. The number of benzene rings is 1. The summed E-state index contributed by atoms with van der Waals surface area (Å²) in [6, 6.07) is 8.90. The summed E-state index contributed by atoms with van der Waals surface area (Å²) >= 11 is 0. The Balaban J connectivity index is 1.93. The van der Waals surface area contributed by atoms with E-state index in [9.17, 15) is 0 Å². The third kappa shape index (κ3) is 3.14. The quantitative estimate of drug-likeness (QED) is 0.873. The molecule has 1 aromatic heterocycles. The largest absolute Gasteiger partial charge is 0.304 e. The van der Waals surface area contributed by atoms with Crippen LogP contribution in [-0.4, -0.2) is 15.0 Å². The first kappa shape index (κ1) is 11.8. The maximum absolute atomic E-state index is 4.05. The SMILES string of the molecule is Cc1ccc([C@@H](C)NCc2cn(C)nn2)cc1. The first-order valence-electron chi connectivity index (χ1n) is 5.80. The molecular weight excluding hydrogens is 212 g/mol. The second-order valence-corrected chi connectivity index (χ2v) is 4.40. The number of nitrogens with one attached hydrogen (secondary N) is 1. The van der Waals surface area contributed by atoms with Crippen LogP contribution in [0.1, 0.15) is 29.8 Å². The van der Waals surface area contributed by atoms with E-state index in [0.29, 0.717) is 6.04 Å². The summed E-state index contributed by atoms with van der Waals surface area (Å²) in [5.41, 5.74) is 3.54. The smallest absolute Gasteiger partial charge is 0.0964 e. The zero-order chi connectivity index (χ0) is 12.3. The summed E-state index contributed by atoms with van der Waals surface area (Å²) in [6.07, 6.45) is 1.93. The molecule has 4 nitrogen and oxygen atoms in total. The van der Waals surface area contributed by atoms with Crippen molar-refractivity contribution in [3.05, 3.63) is 47.3 Å². The molecule has 0 fully saturated rings. The number of aryl methyl sites for hydroxylation is 2. The summed E-state index contributed by atoms with van der Waals surface area (Å²) in [6.45, 7) is 4.99. The molecule has 1 atom stereocenters. The van der Waals surface area contributed by atoms with Crippen LogP contribution in [0.3, 0.4) is 0 Å². The molecule has 0 aliphatic heterocycles. The van der Waals surface area contributed by atoms with Gasteiger partial charge in [0.05, 0.1) is 5.69 Å². The molecule has 0 aliphatic carbocycles. The number of nitrogens with zero attached hydrogens (tertiary/aromatic N) is 3. The highest BCUT2D eigenvalue weighted by molar-refractivity contribution is 5.23. The van der Waals surface area contributed by atoms with Crippen LogP contribution >= 0.6 is 0 Å². The topological polar surface area (TPSA) is 42.7 Å². The molecule has 0 spiro atoms. The number of hydrogen-bond acceptors (Lipinski definition) is 3. The summed E-state index contributed by atoms with van der Waals surface area (Å²) < 4.78 is 1.72. The maximum Gasteiger partial charge on any atom is 0.0964 e. The van der Waals surface area contributed by atoms with Gasteiger partial charge in [-0.2, -0.15) is 0 Å². The zero-order valence-electron chi connectivity index (χ0n) is 10.5. The molecule has 0 radical (unpaired) electrons. The second kappa shape index (κ2) is 5.10. The standard InChI is InChI=1S/C13H18N4/c1-10-4-6-12(7-5-10)11(2)14-8-13-9-17(3)16-15-13/h4-7,9,11,14H,8H2,1-3H3/t11-/m1/s1. The summed E-state index contributed by atoms with van der Waals surface area (Å²) in [7, 11) is 1.87. The van der Waals surface area contributed by atoms with E-state index in [2.05, 4.69) is 53.7 Å². The minimum atomic E-state index is 0.317. The van der Waals surface area contributed by atoms with Gasteiger partial charge in [0.1, 0.15) is 0 Å². The van der Waals surface area contributed by atoms with Crippen molar-refractivity contribution in [2.24, 2.45) is 7.05 Å². The van der Waals surface area contributed by atoms with E-state index < -0.39 is 0 Å². The molecule has 4 heteroatoms. The van der Waals surface area contributed by atoms with Gasteiger partial charge in [0.2, 0.25) is 0 Å². The van der Waals surface area contributed by atoms with E-state index in [0.717, 1.165) is 12.2 Å². The lowest BCUT2D eigenvalue weighted by Crippen LogP contribution is -2.18. The Morgan fingerprint density at radius 1 is 1.29 bits per heavy atom. The van der Waals surface area contributed by atoms with Crippen molar-refractivity contribution in [2.45, 2.75) is 26.4 Å². The Morgan fingerprint density at radius 2 is 2.00 bits per heavy atom. The van der Waals surface area contributed by atoms with E-state index in [1.807, 2.05) is 13.2 Å². The molecule has 1 aromatic carbocycles. The molecule has 90 valence electrons. The van der Waals surface area contributed by atoms with Gasteiger partial charge >= 0.3 is 0 Å². The number of aromatic nitrogens is 3. The third-order valence-electron chi connectivity index (χ3n) is 2.82. The molecule has 0 unspecified atom stereocenters. The van der Waals surface area contributed by atoms with Gasteiger partial charge in [-0.3, -0.25) is 4.68 Å². The molecule has 0 bridgehead atoms. The van der Waals surface area contributed by atoms with Crippen molar-refractivity contribution < 1.29 is 0 Å². The van der Waals surface area contributed by atoms with Crippen LogP contribution in [-0.2, 0) is 13.6 Å². The Kier molecular flexibility index (Phi) is 3.54. The average molecular weight is 230 g/mol. The maximum atomic E-state index is 4.05. The molecule has 0 aliphatic rings. The van der Waals surface area contributed by atoms with Gasteiger partial charge in [-0.25, -0.2) is 0 Å². The van der Waals surface area contributed by atoms with Crippen LogP contribution in [0.2, 0.25) is 0 Å². The van der Waals surface area contributed by atoms with Gasteiger partial charge < -0.3 is 5.32 Å². The van der Waals surface area contributed by atoms with Crippen molar-refractivity contribution in [3.8, 4) is 0 Å². The van der Waals surface area contributed by atoms with E-state index in [4.69, 9.17) is 0 Å². The van der Waals surface area contributed by atoms with Crippen molar-refractivity contribution >= 4 is 0 Å². The van der Waals surface area contributed by atoms with Gasteiger partial charge in [-0.05, 0) is 19.4 Å². The lowest BCUT2D eigenvalue weighted by atomic mass is 10.1. The fraction of sp³-hybridized carbons (Fsp3) is 0.385. The van der Waals surface area contributed by atoms with Crippen molar-refractivity contribution in [1.82, 2.24) is 20.3 Å². The number of hydrogen-bond donors (Lipinski definition) is 1. The second-order valence-electron chi connectivity index (χ2n) is 4.40. The lowest BCUT2D eigenvalue weighted by Gasteiger charge is -2.13. The van der Waals surface area contributed by atoms with Gasteiger partial charge in [0, 0.05) is 25.8 Å². The minimum Gasteiger partial charge on any atom is -0.304 e. The van der Waals surface area contributed by atoms with Crippen LogP contribution in [0, 0.1) is 6.92 Å². The van der Waals surface area contributed by atoms with E-state index in [1.54, 1.807) is 4.68 Å². The average Bonchev–Trinajstić information content (AvgIpc) is 2.73. The predicted molar refractivity (Wildman–Crippen MR) is 67.4 cm³/mol. The molecule has 2 aromatic rings. The first-order chi connectivity index (χ1) is 8.15. The third-order valence-corrected chi connectivity index (χ3v) is 2.82. The van der Waals surface area contributed by atoms with E-state index >= 15 is 0 Å². The van der Waals surface area contributed by atoms with Gasteiger partial charge in [-0.15, -0.1) is 5.10 Å². The molecular formula is C13H18N4. The molecule has 0 saturated heterocycles. The van der Waals surface area contributed by atoms with E-state index in [1.165, 1.54) is 11.1 Å².